The summed E-state index contributed by atoms with van der Waals surface area (Å²) in [4.78, 5) is 0. The summed E-state index contributed by atoms with van der Waals surface area (Å²) >= 11 is 0. The van der Waals surface area contributed by atoms with Gasteiger partial charge < -0.3 is 10.8 Å². The van der Waals surface area contributed by atoms with Crippen molar-refractivity contribution in [2.75, 3.05) is 0 Å². The molecule has 2 heteroatoms. The fourth-order valence-electron chi connectivity index (χ4n) is 2.91. The molecule has 0 aliphatic rings. The van der Waals surface area contributed by atoms with Crippen LogP contribution in [-0.4, -0.2) is 5.11 Å². The molecule has 3 N–H and O–H groups in total. The molecule has 0 bridgehead atoms. The van der Waals surface area contributed by atoms with Crippen LogP contribution in [0, 0.1) is 12.8 Å². The predicted octanol–water partition coefficient (Wildman–Crippen LogP) is 5.63. The van der Waals surface area contributed by atoms with Crippen molar-refractivity contribution in [3.8, 4) is 0 Å². The van der Waals surface area contributed by atoms with Gasteiger partial charge in [-0.3, -0.25) is 0 Å². The Morgan fingerprint density at radius 3 is 2.08 bits per heavy atom. The van der Waals surface area contributed by atoms with E-state index in [1.165, 1.54) is 22.3 Å². The van der Waals surface area contributed by atoms with Crippen LogP contribution < -0.4 is 5.73 Å². The summed E-state index contributed by atoms with van der Waals surface area (Å²) in [5.74, 6) is 0.0946. The number of aryl methyl sites for hydroxylation is 2. The van der Waals surface area contributed by atoms with E-state index in [0.29, 0.717) is 18.5 Å². The predicted molar refractivity (Wildman–Crippen MR) is 106 cm³/mol. The highest BCUT2D eigenvalue weighted by atomic mass is 16.3. The monoisotopic (exact) mass is 325 g/mol. The first-order chi connectivity index (χ1) is 11.3. The fraction of sp³-hybridized carbons (Fsp3) is 0.364. The van der Waals surface area contributed by atoms with Crippen molar-refractivity contribution >= 4 is 6.08 Å². The third-order valence-electron chi connectivity index (χ3n) is 4.43. The zero-order valence-electron chi connectivity index (χ0n) is 15.4. The third-order valence-corrected chi connectivity index (χ3v) is 4.43. The second-order valence-electron chi connectivity index (χ2n) is 6.41. The molecular weight excluding hydrogens is 294 g/mol. The highest BCUT2D eigenvalue weighted by Crippen LogP contribution is 2.24. The Hall–Kier alpha value is -2.22. The van der Waals surface area contributed by atoms with E-state index in [2.05, 4.69) is 58.7 Å². The number of hydrogen-bond acceptors (Lipinski definition) is 2. The Kier molecular flexibility index (Phi) is 7.57. The van der Waals surface area contributed by atoms with Gasteiger partial charge >= 0.3 is 0 Å². The molecule has 1 aromatic carbocycles. The van der Waals surface area contributed by atoms with Gasteiger partial charge in [0, 0.05) is 18.0 Å². The first kappa shape index (κ1) is 19.8. The minimum Gasteiger partial charge on any atom is -0.513 e. The van der Waals surface area contributed by atoms with E-state index < -0.39 is 0 Å². The molecule has 0 saturated carbocycles. The van der Waals surface area contributed by atoms with E-state index >= 15 is 0 Å². The maximum Gasteiger partial charge on any atom is 0.0857 e. The van der Waals surface area contributed by atoms with Crippen LogP contribution in [0.5, 0.6) is 0 Å². The van der Waals surface area contributed by atoms with Crippen LogP contribution in [0.3, 0.4) is 0 Å². The van der Waals surface area contributed by atoms with Crippen LogP contribution in [0.15, 0.2) is 55.0 Å². The van der Waals surface area contributed by atoms with E-state index in [1.54, 1.807) is 0 Å². The SMILES string of the molecule is C=C(O)CC(CC(=C)/C=C/c1cc(CC)c(C)c(CC)c1)C(=C)N. The first-order valence-corrected chi connectivity index (χ1v) is 8.57. The fourth-order valence-corrected chi connectivity index (χ4v) is 2.91. The maximum atomic E-state index is 9.40. The number of aliphatic hydroxyl groups excluding tert-OH is 1. The first-order valence-electron chi connectivity index (χ1n) is 8.57. The molecule has 0 amide bonds. The van der Waals surface area contributed by atoms with Crippen LogP contribution in [-0.2, 0) is 12.8 Å². The van der Waals surface area contributed by atoms with Crippen molar-refractivity contribution in [1.82, 2.24) is 0 Å². The van der Waals surface area contributed by atoms with Gasteiger partial charge in [-0.15, -0.1) is 0 Å². The summed E-state index contributed by atoms with van der Waals surface area (Å²) in [6.07, 6.45) is 7.29. The molecule has 1 atom stereocenters. The zero-order valence-corrected chi connectivity index (χ0v) is 15.4. The van der Waals surface area contributed by atoms with E-state index in [-0.39, 0.29) is 11.7 Å². The number of aliphatic hydroxyl groups is 1. The van der Waals surface area contributed by atoms with Gasteiger partial charge in [0.15, 0.2) is 0 Å². The highest BCUT2D eigenvalue weighted by Gasteiger charge is 2.12. The summed E-state index contributed by atoms with van der Waals surface area (Å²) in [6, 6.07) is 4.49. The van der Waals surface area contributed by atoms with Crippen molar-refractivity contribution < 1.29 is 5.11 Å². The van der Waals surface area contributed by atoms with Crippen molar-refractivity contribution in [3.63, 3.8) is 0 Å². The molecule has 0 aromatic heterocycles. The standard InChI is InChI=1S/C22H31NO/c1-7-20-13-19(14-21(8-2)17(20)5)10-9-15(3)11-22(18(6)23)12-16(4)24/h9-10,13-14,22,24H,3-4,6-8,11-12,23H2,1-2,5H3/b10-9+. The Bertz CT molecular complexity index is 627. The summed E-state index contributed by atoms with van der Waals surface area (Å²) in [5.41, 5.74) is 12.7. The number of nitrogens with two attached hydrogens (primary N) is 1. The van der Waals surface area contributed by atoms with Crippen LogP contribution in [0.25, 0.3) is 6.08 Å². The molecule has 24 heavy (non-hydrogen) atoms. The Balaban J connectivity index is 2.90. The number of hydrogen-bond donors (Lipinski definition) is 2. The number of rotatable bonds is 9. The van der Waals surface area contributed by atoms with Gasteiger partial charge in [-0.05, 0) is 48.4 Å². The van der Waals surface area contributed by atoms with Gasteiger partial charge in [0.1, 0.15) is 0 Å². The van der Waals surface area contributed by atoms with Gasteiger partial charge in [0.2, 0.25) is 0 Å². The van der Waals surface area contributed by atoms with Gasteiger partial charge in [-0.2, -0.15) is 0 Å². The largest absolute Gasteiger partial charge is 0.513 e. The average molecular weight is 325 g/mol. The molecule has 0 fully saturated rings. The van der Waals surface area contributed by atoms with Crippen molar-refractivity contribution in [2.45, 2.75) is 46.5 Å². The lowest BCUT2D eigenvalue weighted by atomic mass is 9.92. The second-order valence-corrected chi connectivity index (χ2v) is 6.41. The quantitative estimate of drug-likeness (QED) is 0.456. The van der Waals surface area contributed by atoms with Crippen molar-refractivity contribution in [1.29, 1.82) is 0 Å². The maximum absolute atomic E-state index is 9.40. The van der Waals surface area contributed by atoms with Crippen molar-refractivity contribution in [2.24, 2.45) is 11.7 Å². The molecule has 1 rings (SSSR count). The second kappa shape index (κ2) is 9.17. The molecule has 0 aliphatic heterocycles. The average Bonchev–Trinajstić information content (AvgIpc) is 2.52. The lowest BCUT2D eigenvalue weighted by Crippen LogP contribution is -2.12. The van der Waals surface area contributed by atoms with E-state index in [0.717, 1.165) is 18.4 Å². The van der Waals surface area contributed by atoms with Gasteiger partial charge in [-0.1, -0.05) is 63.4 Å². The molecule has 2 nitrogen and oxygen atoms in total. The van der Waals surface area contributed by atoms with Gasteiger partial charge in [0.25, 0.3) is 0 Å². The molecular formula is C22H31NO. The highest BCUT2D eigenvalue weighted by molar-refractivity contribution is 5.56. The lowest BCUT2D eigenvalue weighted by Gasteiger charge is -2.16. The van der Waals surface area contributed by atoms with Crippen molar-refractivity contribution in [3.05, 3.63) is 77.2 Å². The zero-order chi connectivity index (χ0) is 18.3. The molecule has 0 saturated heterocycles. The van der Waals surface area contributed by atoms with E-state index in [4.69, 9.17) is 5.73 Å². The molecule has 1 aromatic rings. The molecule has 0 heterocycles. The normalized spacial score (nSPS) is 12.3. The van der Waals surface area contributed by atoms with Gasteiger partial charge in [-0.25, -0.2) is 0 Å². The van der Waals surface area contributed by atoms with E-state index in [9.17, 15) is 5.11 Å². The van der Waals surface area contributed by atoms with E-state index in [1.807, 2.05) is 6.08 Å². The Morgan fingerprint density at radius 1 is 1.12 bits per heavy atom. The van der Waals surface area contributed by atoms with Crippen LogP contribution in [0.1, 0.15) is 48.9 Å². The summed E-state index contributed by atoms with van der Waals surface area (Å²) < 4.78 is 0. The van der Waals surface area contributed by atoms with Crippen LogP contribution in [0.4, 0.5) is 0 Å². The van der Waals surface area contributed by atoms with Crippen LogP contribution >= 0.6 is 0 Å². The topological polar surface area (TPSA) is 46.2 Å². The Labute approximate surface area is 147 Å². The number of allylic oxidation sites excluding steroid dienone is 4. The molecule has 0 spiro atoms. The molecule has 130 valence electrons. The van der Waals surface area contributed by atoms with Crippen LogP contribution in [0.2, 0.25) is 0 Å². The third kappa shape index (κ3) is 5.77. The summed E-state index contributed by atoms with van der Waals surface area (Å²) in [5, 5.41) is 9.40. The minimum atomic E-state index is -0.0323. The molecule has 1 unspecified atom stereocenters. The minimum absolute atomic E-state index is 0.0323. The Morgan fingerprint density at radius 2 is 1.67 bits per heavy atom. The van der Waals surface area contributed by atoms with Gasteiger partial charge in [0.05, 0.1) is 5.76 Å². The molecule has 0 radical (unpaired) electrons. The summed E-state index contributed by atoms with van der Waals surface area (Å²) in [6.45, 7) is 18.0. The summed E-state index contributed by atoms with van der Waals surface area (Å²) in [7, 11) is 0. The number of benzene rings is 1. The molecule has 0 aliphatic carbocycles. The lowest BCUT2D eigenvalue weighted by molar-refractivity contribution is 0.365. The smallest absolute Gasteiger partial charge is 0.0857 e.